The Labute approximate surface area is 186 Å². The number of nitrogen functional groups attached to an aromatic ring is 1. The van der Waals surface area contributed by atoms with Gasteiger partial charge >= 0.3 is 12.5 Å². The summed E-state index contributed by atoms with van der Waals surface area (Å²) in [4.78, 5) is 26.5. The van der Waals surface area contributed by atoms with Crippen LogP contribution in [0.5, 0.6) is 5.75 Å². The number of hydrogen-bond donors (Lipinski definition) is 2. The van der Waals surface area contributed by atoms with Crippen LogP contribution >= 0.6 is 0 Å². The Hall–Kier alpha value is -3.50. The molecule has 1 aliphatic heterocycles. The van der Waals surface area contributed by atoms with Gasteiger partial charge in [-0.15, -0.1) is 13.2 Å². The summed E-state index contributed by atoms with van der Waals surface area (Å²) in [6.45, 7) is 0.305. The highest BCUT2D eigenvalue weighted by Crippen LogP contribution is 2.41. The molecular weight excluding hydrogens is 446 g/mol. The first-order valence-electron chi connectivity index (χ1n) is 10.3. The number of alkyl halides is 3. The maximum Gasteiger partial charge on any atom is 0.573 e. The van der Waals surface area contributed by atoms with Crippen molar-refractivity contribution in [2.24, 2.45) is 5.92 Å². The van der Waals surface area contributed by atoms with E-state index >= 15 is 0 Å². The summed E-state index contributed by atoms with van der Waals surface area (Å²) in [6.07, 6.45) is -3.54. The van der Waals surface area contributed by atoms with Gasteiger partial charge in [0.25, 0.3) is 0 Å². The molecular formula is C22H21F4N3O4. The maximum atomic E-state index is 13.2. The zero-order valence-corrected chi connectivity index (χ0v) is 17.3. The van der Waals surface area contributed by atoms with Gasteiger partial charge in [0.15, 0.2) is 0 Å². The molecule has 0 bridgehead atoms. The molecule has 2 aromatic carbocycles. The Bertz CT molecular complexity index is 1050. The van der Waals surface area contributed by atoms with Crippen molar-refractivity contribution < 1.29 is 36.6 Å². The van der Waals surface area contributed by atoms with Crippen LogP contribution in [0.3, 0.4) is 0 Å². The quantitative estimate of drug-likeness (QED) is 0.496. The van der Waals surface area contributed by atoms with Crippen LogP contribution in [-0.2, 0) is 9.53 Å². The minimum Gasteiger partial charge on any atom is -0.441 e. The third-order valence-electron chi connectivity index (χ3n) is 5.89. The van der Waals surface area contributed by atoms with E-state index < -0.39 is 29.6 Å². The Morgan fingerprint density at radius 3 is 2.42 bits per heavy atom. The molecule has 1 saturated heterocycles. The van der Waals surface area contributed by atoms with Crippen molar-refractivity contribution in [2.75, 3.05) is 22.5 Å². The van der Waals surface area contributed by atoms with Gasteiger partial charge in [-0.2, -0.15) is 0 Å². The summed E-state index contributed by atoms with van der Waals surface area (Å²) in [6, 6.07) is 8.84. The van der Waals surface area contributed by atoms with Gasteiger partial charge in [0.05, 0.1) is 17.9 Å². The summed E-state index contributed by atoms with van der Waals surface area (Å²) >= 11 is 0. The molecule has 2 fully saturated rings. The van der Waals surface area contributed by atoms with Gasteiger partial charge in [0.1, 0.15) is 17.2 Å². The maximum absolute atomic E-state index is 13.2. The summed E-state index contributed by atoms with van der Waals surface area (Å²) < 4.78 is 59.6. The van der Waals surface area contributed by atoms with E-state index in [0.29, 0.717) is 37.9 Å². The van der Waals surface area contributed by atoms with Crippen molar-refractivity contribution in [3.63, 3.8) is 0 Å². The van der Waals surface area contributed by atoms with E-state index in [9.17, 15) is 27.2 Å². The number of rotatable bonds is 4. The molecule has 2 amide bonds. The molecule has 2 aromatic rings. The van der Waals surface area contributed by atoms with Crippen LogP contribution in [0.25, 0.3) is 0 Å². The van der Waals surface area contributed by atoms with E-state index in [2.05, 4.69) is 10.1 Å². The molecule has 33 heavy (non-hydrogen) atoms. The van der Waals surface area contributed by atoms with E-state index in [1.807, 2.05) is 0 Å². The lowest BCUT2D eigenvalue weighted by Gasteiger charge is -2.34. The topological polar surface area (TPSA) is 93.9 Å². The van der Waals surface area contributed by atoms with Crippen LogP contribution in [0.4, 0.5) is 39.4 Å². The van der Waals surface area contributed by atoms with Crippen molar-refractivity contribution in [2.45, 2.75) is 37.6 Å². The van der Waals surface area contributed by atoms with Crippen molar-refractivity contribution in [3.8, 4) is 5.75 Å². The molecule has 1 saturated carbocycles. The summed E-state index contributed by atoms with van der Waals surface area (Å²) in [5.74, 6) is -1.58. The second kappa shape index (κ2) is 8.45. The van der Waals surface area contributed by atoms with Gasteiger partial charge in [0, 0.05) is 17.7 Å². The van der Waals surface area contributed by atoms with Gasteiger partial charge in [-0.25, -0.2) is 9.18 Å². The van der Waals surface area contributed by atoms with E-state index in [4.69, 9.17) is 10.5 Å². The largest absolute Gasteiger partial charge is 0.573 e. The predicted molar refractivity (Wildman–Crippen MR) is 111 cm³/mol. The van der Waals surface area contributed by atoms with Crippen molar-refractivity contribution in [1.82, 2.24) is 0 Å². The number of nitrogens with one attached hydrogen (secondary N) is 1. The fourth-order valence-electron chi connectivity index (χ4n) is 4.20. The first-order chi connectivity index (χ1) is 15.5. The first-order valence-corrected chi connectivity index (χ1v) is 10.3. The van der Waals surface area contributed by atoms with Gasteiger partial charge in [-0.1, -0.05) is 0 Å². The van der Waals surface area contributed by atoms with Gasteiger partial charge < -0.3 is 20.5 Å². The number of ether oxygens (including phenoxy) is 2. The number of nitrogens with zero attached hydrogens (tertiary/aromatic N) is 1. The number of carbonyl (C=O) groups is 2. The molecule has 2 aliphatic rings. The molecule has 1 heterocycles. The molecule has 11 heteroatoms. The molecule has 0 unspecified atom stereocenters. The monoisotopic (exact) mass is 467 g/mol. The SMILES string of the molecule is Nc1cc(OC(F)(F)F)ccc1NC(=O)[C@H]1CC[C@]2(CC1)CN(c1ccc(F)cc1)C(=O)O2. The normalized spacial score (nSPS) is 22.8. The summed E-state index contributed by atoms with van der Waals surface area (Å²) in [5.41, 5.74) is 5.70. The average Bonchev–Trinajstić information content (AvgIpc) is 3.05. The first kappa shape index (κ1) is 22.7. The Balaban J connectivity index is 1.35. The van der Waals surface area contributed by atoms with E-state index in [-0.39, 0.29) is 23.2 Å². The lowest BCUT2D eigenvalue weighted by molar-refractivity contribution is -0.274. The Morgan fingerprint density at radius 2 is 1.82 bits per heavy atom. The molecule has 176 valence electrons. The number of halogens is 4. The molecule has 4 rings (SSSR count). The summed E-state index contributed by atoms with van der Waals surface area (Å²) in [5, 5.41) is 2.64. The van der Waals surface area contributed by atoms with E-state index in [1.54, 1.807) is 0 Å². The van der Waals surface area contributed by atoms with Gasteiger partial charge in [0.2, 0.25) is 5.91 Å². The molecule has 1 aliphatic carbocycles. The smallest absolute Gasteiger partial charge is 0.441 e. The molecule has 7 nitrogen and oxygen atoms in total. The fourth-order valence-corrected chi connectivity index (χ4v) is 4.20. The molecule has 0 aromatic heterocycles. The zero-order valence-electron chi connectivity index (χ0n) is 17.3. The number of carbonyl (C=O) groups excluding carboxylic acids is 2. The van der Waals surface area contributed by atoms with Gasteiger partial charge in [-0.05, 0) is 62.1 Å². The minimum atomic E-state index is -4.84. The van der Waals surface area contributed by atoms with Gasteiger partial charge in [-0.3, -0.25) is 9.69 Å². The van der Waals surface area contributed by atoms with Crippen LogP contribution in [-0.4, -0.2) is 30.5 Å². The van der Waals surface area contributed by atoms with Crippen LogP contribution in [0, 0.1) is 11.7 Å². The number of hydrogen-bond acceptors (Lipinski definition) is 5. The Kier molecular flexibility index (Phi) is 5.81. The van der Waals surface area contributed by atoms with Crippen molar-refractivity contribution in [1.29, 1.82) is 0 Å². The fraction of sp³-hybridized carbons (Fsp3) is 0.364. The van der Waals surface area contributed by atoms with Crippen LogP contribution in [0.2, 0.25) is 0 Å². The molecule has 3 N–H and O–H groups in total. The third kappa shape index (κ3) is 5.12. The van der Waals surface area contributed by atoms with E-state index in [1.165, 1.54) is 35.2 Å². The number of nitrogens with two attached hydrogens (primary N) is 1. The number of anilines is 3. The lowest BCUT2D eigenvalue weighted by atomic mass is 9.78. The standard InChI is InChI=1S/C22H21F4N3O4/c23-14-1-3-15(4-2-14)29-12-21(33-20(29)31)9-7-13(8-10-21)19(30)28-18-6-5-16(11-17(18)27)32-22(24,25)26/h1-6,11,13H,7-10,12,27H2,(H,28,30)/t13-,21-. The van der Waals surface area contributed by atoms with Crippen LogP contribution in [0.15, 0.2) is 42.5 Å². The third-order valence-corrected chi connectivity index (χ3v) is 5.89. The zero-order chi connectivity index (χ0) is 23.8. The second-order valence-electron chi connectivity index (χ2n) is 8.17. The molecule has 0 radical (unpaired) electrons. The summed E-state index contributed by atoms with van der Waals surface area (Å²) in [7, 11) is 0. The predicted octanol–water partition coefficient (Wildman–Crippen LogP) is 4.83. The second-order valence-corrected chi connectivity index (χ2v) is 8.17. The number of amides is 2. The van der Waals surface area contributed by atoms with Crippen molar-refractivity contribution >= 4 is 29.1 Å². The number of benzene rings is 2. The highest BCUT2D eigenvalue weighted by Gasteiger charge is 2.48. The Morgan fingerprint density at radius 1 is 1.15 bits per heavy atom. The van der Waals surface area contributed by atoms with Crippen LogP contribution < -0.4 is 20.7 Å². The van der Waals surface area contributed by atoms with Crippen LogP contribution in [0.1, 0.15) is 25.7 Å². The van der Waals surface area contributed by atoms with E-state index in [0.717, 1.165) is 12.1 Å². The highest BCUT2D eigenvalue weighted by molar-refractivity contribution is 5.95. The highest BCUT2D eigenvalue weighted by atomic mass is 19.4. The lowest BCUT2D eigenvalue weighted by Crippen LogP contribution is -2.41. The average molecular weight is 467 g/mol. The molecule has 0 atom stereocenters. The van der Waals surface area contributed by atoms with Crippen molar-refractivity contribution in [3.05, 3.63) is 48.3 Å². The molecule has 1 spiro atoms. The minimum absolute atomic E-state index is 0.0583.